The minimum absolute atomic E-state index is 0.129. The van der Waals surface area contributed by atoms with Gasteiger partial charge in [0.25, 0.3) is 0 Å². The van der Waals surface area contributed by atoms with E-state index in [-0.39, 0.29) is 18.1 Å². The summed E-state index contributed by atoms with van der Waals surface area (Å²) in [5, 5.41) is 2.69. The highest BCUT2D eigenvalue weighted by molar-refractivity contribution is 5.91. The lowest BCUT2D eigenvalue weighted by molar-refractivity contribution is -0.119. The smallest absolute Gasteiger partial charge is 0.414 e. The van der Waals surface area contributed by atoms with Crippen molar-refractivity contribution in [1.29, 1.82) is 0 Å². The molecule has 0 bridgehead atoms. The molecule has 1 fully saturated rings. The maximum absolute atomic E-state index is 12.2. The minimum Gasteiger partial charge on any atom is -0.489 e. The number of hydrogen-bond acceptors (Lipinski definition) is 5. The molecule has 128 valence electrons. The molecule has 1 aromatic carbocycles. The lowest BCUT2D eigenvalue weighted by Gasteiger charge is -2.37. The van der Waals surface area contributed by atoms with Crippen LogP contribution in [0.25, 0.3) is 0 Å². The molecule has 0 aromatic heterocycles. The van der Waals surface area contributed by atoms with Crippen LogP contribution >= 0.6 is 0 Å². The van der Waals surface area contributed by atoms with E-state index in [1.54, 1.807) is 4.90 Å². The van der Waals surface area contributed by atoms with Crippen molar-refractivity contribution in [3.63, 3.8) is 0 Å². The summed E-state index contributed by atoms with van der Waals surface area (Å²) in [5.74, 6) is 0.725. The van der Waals surface area contributed by atoms with E-state index >= 15 is 0 Å². The number of ether oxygens (including phenoxy) is 2. The van der Waals surface area contributed by atoms with Crippen molar-refractivity contribution < 1.29 is 19.1 Å². The highest BCUT2D eigenvalue weighted by atomic mass is 16.6. The lowest BCUT2D eigenvalue weighted by Crippen LogP contribution is -2.37. The molecule has 1 saturated heterocycles. The quantitative estimate of drug-likeness (QED) is 0.904. The standard InChI is InChI=1S/C17H21N3O4/c1-11(21)18-9-14-10-20(17(22)24-14)13-7-12-3-2-4-19-5-6-23-15(8-13)16(12)19/h7-8,14H,2-6,9-10H2,1H3,(H,18,21)/t14-/m0/s1. The summed E-state index contributed by atoms with van der Waals surface area (Å²) < 4.78 is 11.2. The largest absolute Gasteiger partial charge is 0.489 e. The third kappa shape index (κ3) is 2.64. The van der Waals surface area contributed by atoms with E-state index in [0.29, 0.717) is 19.7 Å². The second-order valence-corrected chi connectivity index (χ2v) is 6.44. The average molecular weight is 331 g/mol. The predicted octanol–water partition coefficient (Wildman–Crippen LogP) is 1.29. The van der Waals surface area contributed by atoms with Crippen LogP contribution in [0.2, 0.25) is 0 Å². The number of carbonyl (C=O) groups is 2. The van der Waals surface area contributed by atoms with Gasteiger partial charge in [0.1, 0.15) is 18.5 Å². The topological polar surface area (TPSA) is 71.1 Å². The van der Waals surface area contributed by atoms with Crippen molar-refractivity contribution in [2.45, 2.75) is 25.9 Å². The Morgan fingerprint density at radius 2 is 2.25 bits per heavy atom. The Labute approximate surface area is 140 Å². The van der Waals surface area contributed by atoms with Crippen LogP contribution in [0.1, 0.15) is 18.9 Å². The van der Waals surface area contributed by atoms with E-state index in [1.165, 1.54) is 18.2 Å². The molecular formula is C17H21N3O4. The van der Waals surface area contributed by atoms with Crippen molar-refractivity contribution in [1.82, 2.24) is 5.32 Å². The van der Waals surface area contributed by atoms with Crippen LogP contribution in [-0.4, -0.2) is 50.9 Å². The fraction of sp³-hybridized carbons (Fsp3) is 0.529. The minimum atomic E-state index is -0.374. The van der Waals surface area contributed by atoms with Crippen molar-refractivity contribution in [3.05, 3.63) is 17.7 Å². The lowest BCUT2D eigenvalue weighted by atomic mass is 9.99. The summed E-state index contributed by atoms with van der Waals surface area (Å²) in [6, 6.07) is 4.00. The highest BCUT2D eigenvalue weighted by Gasteiger charge is 2.34. The van der Waals surface area contributed by atoms with Gasteiger partial charge in [0.05, 0.1) is 31.0 Å². The Bertz CT molecular complexity index is 659. The molecule has 3 heterocycles. The van der Waals surface area contributed by atoms with Crippen molar-refractivity contribution >= 4 is 23.4 Å². The molecule has 0 aliphatic carbocycles. The van der Waals surface area contributed by atoms with E-state index in [4.69, 9.17) is 9.47 Å². The van der Waals surface area contributed by atoms with Crippen LogP contribution in [0.15, 0.2) is 12.1 Å². The maximum atomic E-state index is 12.2. The van der Waals surface area contributed by atoms with E-state index in [2.05, 4.69) is 16.3 Å². The number of hydrogen-bond donors (Lipinski definition) is 1. The predicted molar refractivity (Wildman–Crippen MR) is 88.8 cm³/mol. The molecule has 7 nitrogen and oxygen atoms in total. The van der Waals surface area contributed by atoms with Crippen molar-refractivity contribution in [2.24, 2.45) is 0 Å². The van der Waals surface area contributed by atoms with E-state index in [9.17, 15) is 9.59 Å². The Morgan fingerprint density at radius 3 is 3.08 bits per heavy atom. The average Bonchev–Trinajstić information content (AvgIpc) is 2.94. The maximum Gasteiger partial charge on any atom is 0.414 e. The molecule has 3 aliphatic rings. The summed E-state index contributed by atoms with van der Waals surface area (Å²) in [5.41, 5.74) is 3.22. The number of nitrogens with zero attached hydrogens (tertiary/aromatic N) is 2. The van der Waals surface area contributed by atoms with Gasteiger partial charge in [-0.3, -0.25) is 9.69 Å². The molecular weight excluding hydrogens is 310 g/mol. The number of carbonyl (C=O) groups excluding carboxylic acids is 2. The zero-order valence-corrected chi connectivity index (χ0v) is 13.7. The molecule has 0 saturated carbocycles. The molecule has 1 N–H and O–H groups in total. The van der Waals surface area contributed by atoms with E-state index < -0.39 is 0 Å². The fourth-order valence-corrected chi connectivity index (χ4v) is 3.62. The Kier molecular flexibility index (Phi) is 3.70. The second kappa shape index (κ2) is 5.89. The molecule has 0 unspecified atom stereocenters. The monoisotopic (exact) mass is 331 g/mol. The number of benzene rings is 1. The number of aryl methyl sites for hydroxylation is 1. The normalized spacial score (nSPS) is 21.9. The first-order valence-electron chi connectivity index (χ1n) is 8.39. The van der Waals surface area contributed by atoms with Crippen LogP contribution in [0.3, 0.4) is 0 Å². The Balaban J connectivity index is 1.58. The van der Waals surface area contributed by atoms with Crippen LogP contribution < -0.4 is 19.9 Å². The molecule has 4 rings (SSSR count). The van der Waals surface area contributed by atoms with Crippen LogP contribution in [0.5, 0.6) is 5.75 Å². The third-order valence-electron chi connectivity index (χ3n) is 4.71. The SMILES string of the molecule is CC(=O)NC[C@H]1CN(c2cc3c4c(c2)OCCN4CCC3)C(=O)O1. The molecule has 0 spiro atoms. The zero-order valence-electron chi connectivity index (χ0n) is 13.7. The van der Waals surface area contributed by atoms with Gasteiger partial charge in [-0.25, -0.2) is 4.79 Å². The zero-order chi connectivity index (χ0) is 16.7. The number of cyclic esters (lactones) is 1. The van der Waals surface area contributed by atoms with Crippen molar-refractivity contribution in [3.8, 4) is 5.75 Å². The first kappa shape index (κ1) is 15.1. The summed E-state index contributed by atoms with van der Waals surface area (Å²) in [6.07, 6.45) is 1.41. The van der Waals surface area contributed by atoms with Crippen molar-refractivity contribution in [2.75, 3.05) is 42.6 Å². The molecule has 1 aromatic rings. The van der Waals surface area contributed by atoms with Crippen LogP contribution in [0, 0.1) is 0 Å². The van der Waals surface area contributed by atoms with E-state index in [0.717, 1.165) is 37.4 Å². The molecule has 1 atom stereocenters. The number of rotatable bonds is 3. The van der Waals surface area contributed by atoms with Gasteiger partial charge in [0, 0.05) is 19.5 Å². The summed E-state index contributed by atoms with van der Waals surface area (Å²) in [6.45, 7) is 4.87. The number of amides is 2. The number of anilines is 2. The Hall–Kier alpha value is -2.44. The number of nitrogens with one attached hydrogen (secondary N) is 1. The third-order valence-corrected chi connectivity index (χ3v) is 4.71. The molecule has 7 heteroatoms. The van der Waals surface area contributed by atoms with Gasteiger partial charge >= 0.3 is 6.09 Å². The van der Waals surface area contributed by atoms with Gasteiger partial charge in [-0.1, -0.05) is 0 Å². The first-order valence-corrected chi connectivity index (χ1v) is 8.39. The fourth-order valence-electron chi connectivity index (χ4n) is 3.62. The molecule has 3 aliphatic heterocycles. The van der Waals surface area contributed by atoms with Crippen LogP contribution in [-0.2, 0) is 16.0 Å². The molecule has 24 heavy (non-hydrogen) atoms. The van der Waals surface area contributed by atoms with Gasteiger partial charge in [-0.2, -0.15) is 0 Å². The van der Waals surface area contributed by atoms with Gasteiger partial charge < -0.3 is 19.7 Å². The van der Waals surface area contributed by atoms with Crippen LogP contribution in [0.4, 0.5) is 16.2 Å². The van der Waals surface area contributed by atoms with E-state index in [1.807, 2.05) is 6.07 Å². The Morgan fingerprint density at radius 1 is 1.38 bits per heavy atom. The first-order chi connectivity index (χ1) is 11.6. The molecule has 0 radical (unpaired) electrons. The molecule has 2 amide bonds. The summed E-state index contributed by atoms with van der Waals surface area (Å²) >= 11 is 0. The summed E-state index contributed by atoms with van der Waals surface area (Å²) in [4.78, 5) is 27.2. The summed E-state index contributed by atoms with van der Waals surface area (Å²) in [7, 11) is 0. The van der Waals surface area contributed by atoms with Gasteiger partial charge in [-0.05, 0) is 24.5 Å². The van der Waals surface area contributed by atoms with Gasteiger partial charge in [0.2, 0.25) is 5.91 Å². The highest BCUT2D eigenvalue weighted by Crippen LogP contribution is 2.42. The second-order valence-electron chi connectivity index (χ2n) is 6.44. The van der Waals surface area contributed by atoms with Gasteiger partial charge in [-0.15, -0.1) is 0 Å². The van der Waals surface area contributed by atoms with Gasteiger partial charge in [0.15, 0.2) is 0 Å².